The minimum absolute atomic E-state index is 1.07. The van der Waals surface area contributed by atoms with E-state index in [9.17, 15) is 0 Å². The summed E-state index contributed by atoms with van der Waals surface area (Å²) < 4.78 is 8.34. The maximum atomic E-state index is 5.63. The molecule has 0 aliphatic carbocycles. The SMILES string of the molecule is CO[Si](C)(C)CN1CCN([Si](C)(C)C)CC1. The Bertz CT molecular complexity index is 221. The topological polar surface area (TPSA) is 15.7 Å². The third kappa shape index (κ3) is 4.29. The van der Waals surface area contributed by atoms with Gasteiger partial charge in [-0.3, -0.25) is 0 Å². The van der Waals surface area contributed by atoms with Crippen molar-refractivity contribution in [3.8, 4) is 0 Å². The van der Waals surface area contributed by atoms with E-state index in [0.29, 0.717) is 0 Å². The second-order valence-electron chi connectivity index (χ2n) is 6.40. The van der Waals surface area contributed by atoms with Crippen LogP contribution in [-0.2, 0) is 4.43 Å². The van der Waals surface area contributed by atoms with Gasteiger partial charge in [-0.25, -0.2) is 0 Å². The predicted molar refractivity (Wildman–Crippen MR) is 75.9 cm³/mol. The zero-order valence-corrected chi connectivity index (χ0v) is 13.8. The standard InChI is InChI=1S/C11H28N2OSi2/c1-14-16(5,6)11-12-7-9-13(10-8-12)15(2,3)4/h7-11H2,1-6H3. The van der Waals surface area contributed by atoms with E-state index in [4.69, 9.17) is 4.43 Å². The van der Waals surface area contributed by atoms with E-state index in [1.54, 1.807) is 0 Å². The summed E-state index contributed by atoms with van der Waals surface area (Å²) >= 11 is 0. The third-order valence-corrected chi connectivity index (χ3v) is 8.14. The average Bonchev–Trinajstić information content (AvgIpc) is 2.16. The van der Waals surface area contributed by atoms with Crippen LogP contribution in [0.5, 0.6) is 0 Å². The summed E-state index contributed by atoms with van der Waals surface area (Å²) in [6, 6.07) is 0. The fraction of sp³-hybridized carbons (Fsp3) is 1.00. The second kappa shape index (κ2) is 5.31. The van der Waals surface area contributed by atoms with Gasteiger partial charge in [0.25, 0.3) is 0 Å². The number of piperazine rings is 1. The molecule has 1 fully saturated rings. The van der Waals surface area contributed by atoms with Crippen molar-refractivity contribution in [3.63, 3.8) is 0 Å². The largest absolute Gasteiger partial charge is 0.419 e. The van der Waals surface area contributed by atoms with Crippen molar-refractivity contribution in [2.75, 3.05) is 39.5 Å². The van der Waals surface area contributed by atoms with Crippen LogP contribution in [0, 0.1) is 0 Å². The first-order valence-electron chi connectivity index (χ1n) is 6.27. The van der Waals surface area contributed by atoms with Crippen LogP contribution in [-0.4, -0.2) is 65.5 Å². The Balaban J connectivity index is 2.38. The van der Waals surface area contributed by atoms with E-state index in [0.717, 1.165) is 0 Å². The maximum Gasteiger partial charge on any atom is 0.199 e. The van der Waals surface area contributed by atoms with Crippen LogP contribution in [0.3, 0.4) is 0 Å². The predicted octanol–water partition coefficient (Wildman–Crippen LogP) is 1.83. The molecule has 5 heteroatoms. The fourth-order valence-corrected chi connectivity index (χ4v) is 5.24. The zero-order valence-electron chi connectivity index (χ0n) is 11.8. The molecule has 0 spiro atoms. The van der Waals surface area contributed by atoms with Gasteiger partial charge in [0.2, 0.25) is 0 Å². The Morgan fingerprint density at radius 3 is 1.81 bits per heavy atom. The Hall–Kier alpha value is 0.314. The van der Waals surface area contributed by atoms with Gasteiger partial charge in [-0.2, -0.15) is 0 Å². The molecule has 3 nitrogen and oxygen atoms in total. The molecule has 1 aliphatic heterocycles. The summed E-state index contributed by atoms with van der Waals surface area (Å²) in [5, 5.41) is 0. The van der Waals surface area contributed by atoms with Gasteiger partial charge in [-0.1, -0.05) is 19.6 Å². The number of hydrogen-bond acceptors (Lipinski definition) is 3. The minimum Gasteiger partial charge on any atom is -0.419 e. The highest BCUT2D eigenvalue weighted by atomic mass is 28.4. The van der Waals surface area contributed by atoms with E-state index in [2.05, 4.69) is 42.2 Å². The van der Waals surface area contributed by atoms with E-state index >= 15 is 0 Å². The molecule has 0 N–H and O–H groups in total. The molecule has 1 aliphatic rings. The molecule has 0 aromatic heterocycles. The van der Waals surface area contributed by atoms with Gasteiger partial charge < -0.3 is 13.9 Å². The van der Waals surface area contributed by atoms with Crippen molar-refractivity contribution in [1.82, 2.24) is 9.47 Å². The van der Waals surface area contributed by atoms with Gasteiger partial charge in [0.15, 0.2) is 8.32 Å². The summed E-state index contributed by atoms with van der Waals surface area (Å²) in [5.41, 5.74) is 0. The van der Waals surface area contributed by atoms with Gasteiger partial charge in [0, 0.05) is 39.5 Å². The van der Waals surface area contributed by atoms with E-state index in [-0.39, 0.29) is 0 Å². The van der Waals surface area contributed by atoms with Crippen LogP contribution >= 0.6 is 0 Å². The van der Waals surface area contributed by atoms with E-state index < -0.39 is 16.6 Å². The monoisotopic (exact) mass is 260 g/mol. The lowest BCUT2D eigenvalue weighted by molar-refractivity contribution is 0.196. The molecule has 0 bridgehead atoms. The van der Waals surface area contributed by atoms with Crippen LogP contribution < -0.4 is 0 Å². The highest BCUT2D eigenvalue weighted by Gasteiger charge is 2.30. The maximum absolute atomic E-state index is 5.63. The summed E-state index contributed by atoms with van der Waals surface area (Å²) in [7, 11) is -0.614. The molecule has 0 radical (unpaired) electrons. The first-order valence-corrected chi connectivity index (χ1v) is 12.8. The van der Waals surface area contributed by atoms with Crippen molar-refractivity contribution in [2.24, 2.45) is 0 Å². The van der Waals surface area contributed by atoms with Crippen molar-refractivity contribution in [1.29, 1.82) is 0 Å². The molecule has 0 saturated carbocycles. The normalized spacial score (nSPS) is 21.4. The zero-order chi connectivity index (χ0) is 12.4. The molecule has 0 aromatic rings. The molecule has 1 heterocycles. The Kier molecular flexibility index (Phi) is 4.77. The van der Waals surface area contributed by atoms with Crippen LogP contribution in [0.4, 0.5) is 0 Å². The van der Waals surface area contributed by atoms with Crippen molar-refractivity contribution < 1.29 is 4.43 Å². The van der Waals surface area contributed by atoms with Crippen molar-refractivity contribution >= 4 is 16.6 Å². The minimum atomic E-state index is -1.41. The van der Waals surface area contributed by atoms with Gasteiger partial charge in [0.05, 0.1) is 0 Å². The van der Waals surface area contributed by atoms with Gasteiger partial charge in [0.1, 0.15) is 8.24 Å². The second-order valence-corrected chi connectivity index (χ2v) is 15.6. The highest BCUT2D eigenvalue weighted by Crippen LogP contribution is 2.14. The molecule has 1 saturated heterocycles. The van der Waals surface area contributed by atoms with Crippen LogP contribution in [0.1, 0.15) is 0 Å². The fourth-order valence-electron chi connectivity index (χ4n) is 2.18. The van der Waals surface area contributed by atoms with E-state index in [1.807, 2.05) is 7.11 Å². The first-order chi connectivity index (χ1) is 7.24. The molecule has 0 atom stereocenters. The molecule has 96 valence electrons. The molecule has 0 amide bonds. The molecular formula is C11H28N2OSi2. The van der Waals surface area contributed by atoms with Crippen LogP contribution in [0.2, 0.25) is 32.7 Å². The average molecular weight is 261 g/mol. The molecule has 0 unspecified atom stereocenters. The highest BCUT2D eigenvalue weighted by molar-refractivity contribution is 6.73. The Morgan fingerprint density at radius 1 is 0.938 bits per heavy atom. The van der Waals surface area contributed by atoms with Crippen LogP contribution in [0.25, 0.3) is 0 Å². The summed E-state index contributed by atoms with van der Waals surface area (Å²) in [6.45, 7) is 16.9. The van der Waals surface area contributed by atoms with Crippen LogP contribution in [0.15, 0.2) is 0 Å². The number of nitrogens with zero attached hydrogens (tertiary/aromatic N) is 2. The lowest BCUT2D eigenvalue weighted by Gasteiger charge is -2.42. The summed E-state index contributed by atoms with van der Waals surface area (Å²) in [6.07, 6.45) is 1.18. The number of rotatable bonds is 4. The molecule has 0 aromatic carbocycles. The smallest absolute Gasteiger partial charge is 0.199 e. The summed E-state index contributed by atoms with van der Waals surface area (Å²) in [4.78, 5) is 2.59. The third-order valence-electron chi connectivity index (χ3n) is 3.48. The molecule has 16 heavy (non-hydrogen) atoms. The molecule has 1 rings (SSSR count). The Labute approximate surface area is 103 Å². The van der Waals surface area contributed by atoms with Gasteiger partial charge in [-0.15, -0.1) is 0 Å². The number of hydrogen-bond donors (Lipinski definition) is 0. The van der Waals surface area contributed by atoms with Gasteiger partial charge in [-0.05, 0) is 13.1 Å². The van der Waals surface area contributed by atoms with Crippen molar-refractivity contribution in [2.45, 2.75) is 32.7 Å². The van der Waals surface area contributed by atoms with Crippen molar-refractivity contribution in [3.05, 3.63) is 0 Å². The quantitative estimate of drug-likeness (QED) is 0.717. The van der Waals surface area contributed by atoms with E-state index in [1.165, 1.54) is 32.3 Å². The lowest BCUT2D eigenvalue weighted by atomic mass is 10.4. The summed E-state index contributed by atoms with van der Waals surface area (Å²) in [5.74, 6) is 0. The first kappa shape index (κ1) is 14.4. The van der Waals surface area contributed by atoms with Gasteiger partial charge >= 0.3 is 0 Å². The lowest BCUT2D eigenvalue weighted by Crippen LogP contribution is -2.58. The molecular weight excluding hydrogens is 232 g/mol. The Morgan fingerprint density at radius 2 is 1.44 bits per heavy atom.